The fourth-order valence-electron chi connectivity index (χ4n) is 4.21. The highest BCUT2D eigenvalue weighted by atomic mass is 19.2. The predicted molar refractivity (Wildman–Crippen MR) is 128 cm³/mol. The Kier molecular flexibility index (Phi) is 6.06. The number of benzene rings is 2. The molecular formula is C24H26F2N6O2. The maximum Gasteiger partial charge on any atom is 0.231 e. The van der Waals surface area contributed by atoms with E-state index in [4.69, 9.17) is 9.47 Å². The van der Waals surface area contributed by atoms with Crippen molar-refractivity contribution in [3.63, 3.8) is 0 Å². The van der Waals surface area contributed by atoms with E-state index in [0.717, 1.165) is 36.5 Å². The molecule has 2 aliphatic heterocycles. The molecule has 1 fully saturated rings. The van der Waals surface area contributed by atoms with Gasteiger partial charge in [-0.1, -0.05) is 6.92 Å². The molecule has 10 heteroatoms. The third-order valence-corrected chi connectivity index (χ3v) is 6.00. The minimum absolute atomic E-state index is 0.152. The number of hydrogen-bond acceptors (Lipinski definition) is 8. The molecule has 178 valence electrons. The van der Waals surface area contributed by atoms with Crippen LogP contribution in [-0.2, 0) is 4.74 Å². The number of nitrogens with one attached hydrogen (secondary N) is 3. The van der Waals surface area contributed by atoms with Crippen molar-refractivity contribution < 1.29 is 18.3 Å². The summed E-state index contributed by atoms with van der Waals surface area (Å²) in [6, 6.07) is 9.59. The first-order valence-corrected chi connectivity index (χ1v) is 11.2. The van der Waals surface area contributed by atoms with Gasteiger partial charge in [-0.05, 0) is 24.3 Å². The first-order chi connectivity index (χ1) is 16.5. The Bertz CT molecular complexity index is 1200. The molecule has 0 amide bonds. The van der Waals surface area contributed by atoms with Gasteiger partial charge in [0, 0.05) is 54.6 Å². The van der Waals surface area contributed by atoms with E-state index in [0.29, 0.717) is 54.5 Å². The third kappa shape index (κ3) is 4.41. The molecule has 1 aromatic heterocycles. The SMILES string of the molecule is COc1cc(N2CCOCC2)ccc1Nc1nc2c(c(Nc3ccc(F)c(F)c3)n1)C(C)CN2. The summed E-state index contributed by atoms with van der Waals surface area (Å²) in [6.45, 7) is 5.81. The van der Waals surface area contributed by atoms with Crippen molar-refractivity contribution in [3.8, 4) is 5.75 Å². The molecule has 1 unspecified atom stereocenters. The number of halogens is 2. The average molecular weight is 469 g/mol. The largest absolute Gasteiger partial charge is 0.494 e. The van der Waals surface area contributed by atoms with Gasteiger partial charge >= 0.3 is 0 Å². The van der Waals surface area contributed by atoms with Crippen molar-refractivity contribution in [2.45, 2.75) is 12.8 Å². The highest BCUT2D eigenvalue weighted by Gasteiger charge is 2.26. The minimum Gasteiger partial charge on any atom is -0.494 e. The molecule has 0 radical (unpaired) electrons. The summed E-state index contributed by atoms with van der Waals surface area (Å²) in [4.78, 5) is 11.5. The number of aromatic nitrogens is 2. The summed E-state index contributed by atoms with van der Waals surface area (Å²) in [5.74, 6) is 0.555. The lowest BCUT2D eigenvalue weighted by Gasteiger charge is -2.29. The van der Waals surface area contributed by atoms with Gasteiger partial charge in [-0.15, -0.1) is 0 Å². The van der Waals surface area contributed by atoms with E-state index in [-0.39, 0.29) is 5.92 Å². The molecular weight excluding hydrogens is 442 g/mol. The Morgan fingerprint density at radius 2 is 1.88 bits per heavy atom. The first-order valence-electron chi connectivity index (χ1n) is 11.2. The van der Waals surface area contributed by atoms with Crippen LogP contribution in [0.15, 0.2) is 36.4 Å². The number of ether oxygens (including phenoxy) is 2. The average Bonchev–Trinajstić information content (AvgIpc) is 3.23. The van der Waals surface area contributed by atoms with E-state index in [2.05, 4.69) is 37.7 Å². The topological polar surface area (TPSA) is 83.6 Å². The van der Waals surface area contributed by atoms with Gasteiger partial charge in [0.15, 0.2) is 11.6 Å². The summed E-state index contributed by atoms with van der Waals surface area (Å²) in [6.07, 6.45) is 0. The standard InChI is InChI=1S/C24H26F2N6O2/c1-14-13-27-22-21(14)23(28-15-3-5-17(25)18(26)11-15)31-24(30-22)29-19-6-4-16(12-20(19)33-2)32-7-9-34-10-8-32/h3-6,11-12,14H,7-10,13H2,1-2H3,(H3,27,28,29,30,31). The predicted octanol–water partition coefficient (Wildman–Crippen LogP) is 4.62. The molecule has 2 aliphatic rings. The summed E-state index contributed by atoms with van der Waals surface area (Å²) in [5.41, 5.74) is 3.06. The van der Waals surface area contributed by atoms with Crippen molar-refractivity contribution >= 4 is 34.6 Å². The normalized spacial score (nSPS) is 17.2. The number of morpholine rings is 1. The van der Waals surface area contributed by atoms with E-state index >= 15 is 0 Å². The highest BCUT2D eigenvalue weighted by Crippen LogP contribution is 2.38. The molecule has 34 heavy (non-hydrogen) atoms. The van der Waals surface area contributed by atoms with E-state index < -0.39 is 11.6 Å². The van der Waals surface area contributed by atoms with Gasteiger partial charge in [0.25, 0.3) is 0 Å². The molecule has 3 N–H and O–H groups in total. The smallest absolute Gasteiger partial charge is 0.231 e. The summed E-state index contributed by atoms with van der Waals surface area (Å²) in [7, 11) is 1.62. The van der Waals surface area contributed by atoms with Gasteiger partial charge in [-0.2, -0.15) is 9.97 Å². The molecule has 1 saturated heterocycles. The van der Waals surface area contributed by atoms with Gasteiger partial charge in [0.05, 0.1) is 26.0 Å². The zero-order valence-corrected chi connectivity index (χ0v) is 19.0. The Hall–Kier alpha value is -3.66. The molecule has 8 nitrogen and oxygen atoms in total. The van der Waals surface area contributed by atoms with Crippen LogP contribution in [0.25, 0.3) is 0 Å². The number of fused-ring (bicyclic) bond motifs is 1. The number of anilines is 6. The lowest BCUT2D eigenvalue weighted by molar-refractivity contribution is 0.122. The zero-order chi connectivity index (χ0) is 23.7. The fourth-order valence-corrected chi connectivity index (χ4v) is 4.21. The van der Waals surface area contributed by atoms with Crippen LogP contribution >= 0.6 is 0 Å². The second-order valence-corrected chi connectivity index (χ2v) is 8.30. The fraction of sp³-hybridized carbons (Fsp3) is 0.333. The summed E-state index contributed by atoms with van der Waals surface area (Å²) in [5, 5.41) is 9.65. The lowest BCUT2D eigenvalue weighted by atomic mass is 10.1. The number of rotatable bonds is 6. The van der Waals surface area contributed by atoms with Gasteiger partial charge in [-0.25, -0.2) is 8.78 Å². The highest BCUT2D eigenvalue weighted by molar-refractivity contribution is 5.73. The van der Waals surface area contributed by atoms with Crippen molar-refractivity contribution in [1.29, 1.82) is 0 Å². The van der Waals surface area contributed by atoms with Crippen LogP contribution in [-0.4, -0.2) is 49.9 Å². The van der Waals surface area contributed by atoms with Crippen LogP contribution in [0.3, 0.4) is 0 Å². The first kappa shape index (κ1) is 22.1. The Morgan fingerprint density at radius 1 is 1.06 bits per heavy atom. The Balaban J connectivity index is 1.45. The summed E-state index contributed by atoms with van der Waals surface area (Å²) < 4.78 is 38.2. The van der Waals surface area contributed by atoms with Crippen molar-refractivity contribution in [2.24, 2.45) is 0 Å². The molecule has 3 aromatic rings. The van der Waals surface area contributed by atoms with Crippen molar-refractivity contribution in [2.75, 3.05) is 60.8 Å². The van der Waals surface area contributed by atoms with Gasteiger partial charge in [0.2, 0.25) is 5.95 Å². The minimum atomic E-state index is -0.926. The van der Waals surface area contributed by atoms with Crippen LogP contribution in [0.2, 0.25) is 0 Å². The van der Waals surface area contributed by atoms with Crippen LogP contribution in [0.1, 0.15) is 18.4 Å². The van der Waals surface area contributed by atoms with E-state index in [1.165, 1.54) is 6.07 Å². The maximum atomic E-state index is 13.8. The molecule has 3 heterocycles. The second-order valence-electron chi connectivity index (χ2n) is 8.30. The van der Waals surface area contributed by atoms with E-state index in [1.807, 2.05) is 18.2 Å². The quantitative estimate of drug-likeness (QED) is 0.484. The van der Waals surface area contributed by atoms with Gasteiger partial charge in [0.1, 0.15) is 17.4 Å². The second kappa shape index (κ2) is 9.30. The maximum absolute atomic E-state index is 13.8. The van der Waals surface area contributed by atoms with Crippen LogP contribution in [0.4, 0.5) is 43.4 Å². The van der Waals surface area contributed by atoms with Crippen LogP contribution in [0.5, 0.6) is 5.75 Å². The van der Waals surface area contributed by atoms with Gasteiger partial charge in [-0.3, -0.25) is 0 Å². The molecule has 5 rings (SSSR count). The molecule has 1 atom stereocenters. The molecule has 0 aliphatic carbocycles. The number of hydrogen-bond donors (Lipinski definition) is 3. The van der Waals surface area contributed by atoms with E-state index in [1.54, 1.807) is 7.11 Å². The third-order valence-electron chi connectivity index (χ3n) is 6.00. The van der Waals surface area contributed by atoms with E-state index in [9.17, 15) is 8.78 Å². The van der Waals surface area contributed by atoms with Crippen molar-refractivity contribution in [1.82, 2.24) is 9.97 Å². The van der Waals surface area contributed by atoms with Crippen LogP contribution in [0, 0.1) is 11.6 Å². The lowest BCUT2D eigenvalue weighted by Crippen LogP contribution is -2.36. The molecule has 0 saturated carbocycles. The zero-order valence-electron chi connectivity index (χ0n) is 19.0. The Labute approximate surface area is 196 Å². The summed E-state index contributed by atoms with van der Waals surface area (Å²) >= 11 is 0. The Morgan fingerprint density at radius 3 is 2.65 bits per heavy atom. The van der Waals surface area contributed by atoms with Crippen molar-refractivity contribution in [3.05, 3.63) is 53.6 Å². The van der Waals surface area contributed by atoms with Crippen LogP contribution < -0.4 is 25.6 Å². The molecule has 0 bridgehead atoms. The number of methoxy groups -OCH3 is 1. The van der Waals surface area contributed by atoms with Gasteiger partial charge < -0.3 is 30.3 Å². The number of nitrogens with zero attached hydrogens (tertiary/aromatic N) is 3. The molecule has 2 aromatic carbocycles. The monoisotopic (exact) mass is 468 g/mol. The molecule has 0 spiro atoms.